The number of anilines is 3. The number of ether oxygens (including phenoxy) is 3. The van der Waals surface area contributed by atoms with Gasteiger partial charge in [-0.2, -0.15) is 0 Å². The molecule has 31 heavy (non-hydrogen) atoms. The normalized spacial score (nSPS) is 10.5. The number of benzene rings is 2. The van der Waals surface area contributed by atoms with Gasteiger partial charge in [0.2, 0.25) is 5.75 Å². The topological polar surface area (TPSA) is 94.6 Å². The number of carbonyl (C=O) groups excluding carboxylic acids is 1. The molecule has 158 valence electrons. The maximum absolute atomic E-state index is 12.7. The van der Waals surface area contributed by atoms with Gasteiger partial charge in [-0.05, 0) is 11.5 Å². The summed E-state index contributed by atoms with van der Waals surface area (Å²) in [5.74, 6) is 1.67. The summed E-state index contributed by atoms with van der Waals surface area (Å²) in [6.45, 7) is 0. The Balaban J connectivity index is 1.54. The second kappa shape index (κ2) is 8.88. The van der Waals surface area contributed by atoms with Gasteiger partial charge in [-0.25, -0.2) is 9.97 Å². The van der Waals surface area contributed by atoms with Crippen LogP contribution in [0.5, 0.6) is 17.2 Å². The summed E-state index contributed by atoms with van der Waals surface area (Å²) in [5, 5.41) is 10.3. The van der Waals surface area contributed by atoms with E-state index in [0.717, 1.165) is 10.8 Å². The van der Waals surface area contributed by atoms with Crippen LogP contribution in [-0.4, -0.2) is 37.2 Å². The second-order valence-electron chi connectivity index (χ2n) is 6.41. The molecule has 0 fully saturated rings. The van der Waals surface area contributed by atoms with Gasteiger partial charge >= 0.3 is 0 Å². The number of aromatic nitrogens is 2. The quantitative estimate of drug-likeness (QED) is 0.433. The summed E-state index contributed by atoms with van der Waals surface area (Å²) in [6, 6.07) is 13.2. The predicted molar refractivity (Wildman–Crippen MR) is 121 cm³/mol. The monoisotopic (exact) mass is 436 g/mol. The van der Waals surface area contributed by atoms with Crippen molar-refractivity contribution in [3.63, 3.8) is 0 Å². The molecule has 0 atom stereocenters. The van der Waals surface area contributed by atoms with Gasteiger partial charge in [0.05, 0.1) is 21.3 Å². The fraction of sp³-hybridized carbons (Fsp3) is 0.136. The minimum Gasteiger partial charge on any atom is -0.493 e. The second-order valence-corrected chi connectivity index (χ2v) is 7.27. The molecule has 2 aromatic heterocycles. The molecule has 0 spiro atoms. The van der Waals surface area contributed by atoms with Gasteiger partial charge in [0, 0.05) is 34.8 Å². The number of nitrogens with one attached hydrogen (secondary N) is 2. The number of carbonyl (C=O) groups is 1. The number of amides is 1. The van der Waals surface area contributed by atoms with Gasteiger partial charge in [-0.3, -0.25) is 4.79 Å². The first-order valence-corrected chi connectivity index (χ1v) is 10.2. The molecule has 0 saturated heterocycles. The molecular formula is C22H20N4O4S. The van der Waals surface area contributed by atoms with Crippen LogP contribution in [0.2, 0.25) is 0 Å². The SMILES string of the molecule is COc1cc(NC(=O)c2csc(Nc3nccc4ccccc34)n2)cc(OC)c1OC. The Morgan fingerprint density at radius 2 is 1.74 bits per heavy atom. The lowest BCUT2D eigenvalue weighted by molar-refractivity contribution is 0.102. The molecule has 2 N–H and O–H groups in total. The number of fused-ring (bicyclic) bond motifs is 1. The molecular weight excluding hydrogens is 416 g/mol. The lowest BCUT2D eigenvalue weighted by Gasteiger charge is -2.14. The van der Waals surface area contributed by atoms with E-state index in [1.165, 1.54) is 32.7 Å². The number of thiazole rings is 1. The average molecular weight is 436 g/mol. The minimum absolute atomic E-state index is 0.279. The molecule has 2 heterocycles. The maximum atomic E-state index is 12.7. The van der Waals surface area contributed by atoms with Crippen molar-refractivity contribution in [2.24, 2.45) is 0 Å². The molecule has 0 aliphatic heterocycles. The highest BCUT2D eigenvalue weighted by atomic mass is 32.1. The van der Waals surface area contributed by atoms with Crippen molar-refractivity contribution < 1.29 is 19.0 Å². The molecule has 0 saturated carbocycles. The Labute approximate surface area is 182 Å². The number of hydrogen-bond acceptors (Lipinski definition) is 8. The van der Waals surface area contributed by atoms with Crippen LogP contribution < -0.4 is 24.8 Å². The lowest BCUT2D eigenvalue weighted by Crippen LogP contribution is -2.13. The number of pyridine rings is 1. The van der Waals surface area contributed by atoms with Crippen LogP contribution >= 0.6 is 11.3 Å². The highest BCUT2D eigenvalue weighted by Gasteiger charge is 2.17. The summed E-state index contributed by atoms with van der Waals surface area (Å²) >= 11 is 1.32. The molecule has 4 rings (SSSR count). The van der Waals surface area contributed by atoms with E-state index in [1.807, 2.05) is 30.3 Å². The number of hydrogen-bond donors (Lipinski definition) is 2. The highest BCUT2D eigenvalue weighted by Crippen LogP contribution is 2.40. The van der Waals surface area contributed by atoms with E-state index >= 15 is 0 Å². The van der Waals surface area contributed by atoms with Crippen molar-refractivity contribution in [3.05, 3.63) is 59.7 Å². The van der Waals surface area contributed by atoms with Crippen LogP contribution in [0.25, 0.3) is 10.8 Å². The molecule has 2 aromatic carbocycles. The number of methoxy groups -OCH3 is 3. The third kappa shape index (κ3) is 4.22. The maximum Gasteiger partial charge on any atom is 0.275 e. The molecule has 1 amide bonds. The Bertz CT molecular complexity index is 1210. The largest absolute Gasteiger partial charge is 0.493 e. The van der Waals surface area contributed by atoms with Gasteiger partial charge < -0.3 is 24.8 Å². The summed E-state index contributed by atoms with van der Waals surface area (Å²) in [6.07, 6.45) is 1.73. The average Bonchev–Trinajstić information content (AvgIpc) is 3.27. The van der Waals surface area contributed by atoms with Gasteiger partial charge in [0.25, 0.3) is 5.91 Å². The Hall–Kier alpha value is -3.85. The molecule has 8 nitrogen and oxygen atoms in total. The number of rotatable bonds is 7. The summed E-state index contributed by atoms with van der Waals surface area (Å²) in [4.78, 5) is 21.5. The van der Waals surface area contributed by atoms with Crippen LogP contribution in [0.4, 0.5) is 16.6 Å². The first-order valence-electron chi connectivity index (χ1n) is 9.30. The number of nitrogens with zero attached hydrogens (tertiary/aromatic N) is 2. The zero-order chi connectivity index (χ0) is 21.8. The molecule has 0 aliphatic carbocycles. The van der Waals surface area contributed by atoms with E-state index in [4.69, 9.17) is 14.2 Å². The standard InChI is InChI=1S/C22H20N4O4S/c1-28-17-10-14(11-18(29-2)19(17)30-3)24-21(27)16-12-31-22(25-16)26-20-15-7-5-4-6-13(15)8-9-23-20/h4-12H,1-3H3,(H,24,27)(H,23,25,26). The zero-order valence-corrected chi connectivity index (χ0v) is 17.9. The van der Waals surface area contributed by atoms with Crippen molar-refractivity contribution >= 4 is 44.7 Å². The molecule has 0 aliphatic rings. The Kier molecular flexibility index (Phi) is 5.85. The molecule has 4 aromatic rings. The summed E-state index contributed by atoms with van der Waals surface area (Å²) in [5.41, 5.74) is 0.777. The first-order chi connectivity index (χ1) is 15.1. The van der Waals surface area contributed by atoms with E-state index in [0.29, 0.717) is 33.9 Å². The van der Waals surface area contributed by atoms with Crippen molar-refractivity contribution in [2.75, 3.05) is 32.0 Å². The van der Waals surface area contributed by atoms with Crippen LogP contribution in [0.3, 0.4) is 0 Å². The molecule has 0 bridgehead atoms. The Morgan fingerprint density at radius 1 is 1.00 bits per heavy atom. The lowest BCUT2D eigenvalue weighted by atomic mass is 10.2. The Morgan fingerprint density at radius 3 is 2.45 bits per heavy atom. The smallest absolute Gasteiger partial charge is 0.275 e. The van der Waals surface area contributed by atoms with E-state index in [1.54, 1.807) is 23.7 Å². The van der Waals surface area contributed by atoms with Crippen LogP contribution in [-0.2, 0) is 0 Å². The van der Waals surface area contributed by atoms with E-state index in [2.05, 4.69) is 20.6 Å². The minimum atomic E-state index is -0.357. The van der Waals surface area contributed by atoms with Crippen molar-refractivity contribution in [1.29, 1.82) is 0 Å². The zero-order valence-electron chi connectivity index (χ0n) is 17.1. The van der Waals surface area contributed by atoms with Gasteiger partial charge in [-0.15, -0.1) is 11.3 Å². The molecule has 0 unspecified atom stereocenters. The van der Waals surface area contributed by atoms with E-state index in [9.17, 15) is 4.79 Å². The van der Waals surface area contributed by atoms with Gasteiger partial charge in [-0.1, -0.05) is 24.3 Å². The fourth-order valence-corrected chi connectivity index (χ4v) is 3.79. The van der Waals surface area contributed by atoms with E-state index in [-0.39, 0.29) is 11.6 Å². The van der Waals surface area contributed by atoms with Gasteiger partial charge in [0.15, 0.2) is 16.6 Å². The van der Waals surface area contributed by atoms with Crippen LogP contribution in [0.15, 0.2) is 54.0 Å². The molecule has 9 heteroatoms. The van der Waals surface area contributed by atoms with Crippen molar-refractivity contribution in [1.82, 2.24) is 9.97 Å². The summed E-state index contributed by atoms with van der Waals surface area (Å²) in [7, 11) is 4.55. The fourth-order valence-electron chi connectivity index (χ4n) is 3.10. The first kappa shape index (κ1) is 20.4. The summed E-state index contributed by atoms with van der Waals surface area (Å²) < 4.78 is 16.0. The van der Waals surface area contributed by atoms with Crippen LogP contribution in [0.1, 0.15) is 10.5 Å². The third-order valence-corrected chi connectivity index (χ3v) is 5.32. The third-order valence-electron chi connectivity index (χ3n) is 4.56. The predicted octanol–water partition coefficient (Wildman–Crippen LogP) is 4.71. The van der Waals surface area contributed by atoms with Crippen molar-refractivity contribution in [3.8, 4) is 17.2 Å². The van der Waals surface area contributed by atoms with E-state index < -0.39 is 0 Å². The molecule has 0 radical (unpaired) electrons. The van der Waals surface area contributed by atoms with Gasteiger partial charge in [0.1, 0.15) is 11.5 Å². The van der Waals surface area contributed by atoms with Crippen molar-refractivity contribution in [2.45, 2.75) is 0 Å². The van der Waals surface area contributed by atoms with Crippen LogP contribution in [0, 0.1) is 0 Å². The highest BCUT2D eigenvalue weighted by molar-refractivity contribution is 7.14.